The average Bonchev–Trinajstić information content (AvgIpc) is 2.54. The summed E-state index contributed by atoms with van der Waals surface area (Å²) in [5, 5.41) is 20.5. The van der Waals surface area contributed by atoms with Gasteiger partial charge in [-0.15, -0.1) is 0 Å². The van der Waals surface area contributed by atoms with E-state index in [1.807, 2.05) is 27.7 Å². The van der Waals surface area contributed by atoms with Gasteiger partial charge in [-0.1, -0.05) is 0 Å². The molecule has 0 saturated carbocycles. The van der Waals surface area contributed by atoms with Gasteiger partial charge in [-0.3, -0.25) is 0 Å². The number of benzene rings is 2. The summed E-state index contributed by atoms with van der Waals surface area (Å²) in [5.41, 5.74) is 8.86. The van der Waals surface area contributed by atoms with Crippen LogP contribution in [0.25, 0.3) is 0 Å². The first-order chi connectivity index (χ1) is 10.6. The Hall–Kier alpha value is -1.17. The van der Waals surface area contributed by atoms with Gasteiger partial charge < -0.3 is 0 Å². The van der Waals surface area contributed by atoms with Gasteiger partial charge in [-0.05, 0) is 0 Å². The van der Waals surface area contributed by atoms with Crippen molar-refractivity contribution in [3.8, 4) is 11.5 Å². The standard InChI is InChI=1S/C20H26O2Te/c1-9-13(5)19(14(6)10(2)17(9)21)23-20-15(7)11(3)18(22)12(4)16(20)8/h21-22H,1-8H3. The number of phenolic OH excluding ortho intramolecular Hbond substituents is 2. The molecular formula is C20H26O2Te. The third-order valence-electron chi connectivity index (χ3n) is 5.24. The van der Waals surface area contributed by atoms with Crippen molar-refractivity contribution in [3.63, 3.8) is 0 Å². The molecule has 0 atom stereocenters. The second-order valence-corrected chi connectivity index (χ2v) is 9.37. The molecule has 0 aliphatic carbocycles. The zero-order chi connectivity index (χ0) is 17.6. The molecule has 0 aliphatic rings. The first-order valence-electron chi connectivity index (χ1n) is 7.86. The fourth-order valence-corrected chi connectivity index (χ4v) is 7.00. The minimum atomic E-state index is -0.592. The molecule has 0 aliphatic heterocycles. The van der Waals surface area contributed by atoms with E-state index < -0.39 is 20.9 Å². The van der Waals surface area contributed by atoms with Crippen molar-refractivity contribution in [2.24, 2.45) is 0 Å². The van der Waals surface area contributed by atoms with E-state index in [9.17, 15) is 10.2 Å². The summed E-state index contributed by atoms with van der Waals surface area (Å²) in [5.74, 6) is 0.866. The SMILES string of the molecule is Cc1c(C)c([Te]c2c(C)c(C)c(O)c(C)c2C)c(C)c(C)c1O. The van der Waals surface area contributed by atoms with Gasteiger partial charge in [0.05, 0.1) is 0 Å². The van der Waals surface area contributed by atoms with E-state index in [4.69, 9.17) is 0 Å². The molecule has 2 rings (SSSR count). The molecule has 2 N–H and O–H groups in total. The van der Waals surface area contributed by atoms with Crippen LogP contribution in [-0.4, -0.2) is 31.1 Å². The number of hydrogen-bond acceptors (Lipinski definition) is 2. The molecule has 0 spiro atoms. The molecule has 0 heterocycles. The Morgan fingerprint density at radius 2 is 0.652 bits per heavy atom. The Bertz CT molecular complexity index is 679. The summed E-state index contributed by atoms with van der Waals surface area (Å²) in [6.07, 6.45) is 0. The van der Waals surface area contributed by atoms with E-state index in [1.54, 1.807) is 0 Å². The molecule has 0 unspecified atom stereocenters. The van der Waals surface area contributed by atoms with Crippen molar-refractivity contribution >= 4 is 28.1 Å². The molecule has 3 heteroatoms. The number of phenols is 2. The van der Waals surface area contributed by atoms with Gasteiger partial charge in [0.15, 0.2) is 0 Å². The van der Waals surface area contributed by atoms with Crippen molar-refractivity contribution in [1.29, 1.82) is 0 Å². The van der Waals surface area contributed by atoms with Crippen LogP contribution in [0.4, 0.5) is 0 Å². The van der Waals surface area contributed by atoms with Crippen LogP contribution in [0.3, 0.4) is 0 Å². The quantitative estimate of drug-likeness (QED) is 0.725. The van der Waals surface area contributed by atoms with Crippen molar-refractivity contribution in [2.75, 3.05) is 0 Å². The molecule has 2 aromatic carbocycles. The Balaban J connectivity index is 2.71. The van der Waals surface area contributed by atoms with Crippen LogP contribution in [0.15, 0.2) is 0 Å². The van der Waals surface area contributed by atoms with Gasteiger partial charge in [0.1, 0.15) is 0 Å². The van der Waals surface area contributed by atoms with Crippen LogP contribution in [0, 0.1) is 55.4 Å². The Morgan fingerprint density at radius 1 is 0.435 bits per heavy atom. The number of hydrogen-bond donors (Lipinski definition) is 2. The van der Waals surface area contributed by atoms with Crippen LogP contribution < -0.4 is 7.22 Å². The molecule has 0 bridgehead atoms. The van der Waals surface area contributed by atoms with E-state index in [0.29, 0.717) is 11.5 Å². The van der Waals surface area contributed by atoms with Gasteiger partial charge in [-0.2, -0.15) is 0 Å². The predicted octanol–water partition coefficient (Wildman–Crippen LogP) is 3.22. The molecular weight excluding hydrogens is 400 g/mol. The average molecular weight is 426 g/mol. The van der Waals surface area contributed by atoms with Crippen molar-refractivity contribution in [3.05, 3.63) is 44.5 Å². The van der Waals surface area contributed by atoms with Crippen molar-refractivity contribution in [1.82, 2.24) is 0 Å². The molecule has 0 fully saturated rings. The van der Waals surface area contributed by atoms with E-state index in [0.717, 1.165) is 22.3 Å². The van der Waals surface area contributed by atoms with Crippen molar-refractivity contribution < 1.29 is 10.2 Å². The predicted molar refractivity (Wildman–Crippen MR) is 99.1 cm³/mol. The zero-order valence-corrected chi connectivity index (χ0v) is 17.6. The summed E-state index contributed by atoms with van der Waals surface area (Å²) in [7, 11) is 0. The van der Waals surface area contributed by atoms with Crippen LogP contribution in [0.5, 0.6) is 11.5 Å². The molecule has 0 saturated heterocycles. The van der Waals surface area contributed by atoms with Crippen LogP contribution in [0.2, 0.25) is 0 Å². The monoisotopic (exact) mass is 428 g/mol. The molecule has 2 aromatic rings. The molecule has 2 nitrogen and oxygen atoms in total. The third kappa shape index (κ3) is 2.86. The zero-order valence-electron chi connectivity index (χ0n) is 15.3. The Morgan fingerprint density at radius 3 is 0.870 bits per heavy atom. The fraction of sp³-hybridized carbons (Fsp3) is 0.400. The van der Waals surface area contributed by atoms with Gasteiger partial charge in [0.25, 0.3) is 0 Å². The second-order valence-electron chi connectivity index (χ2n) is 6.46. The Kier molecular flexibility index (Phi) is 5.04. The van der Waals surface area contributed by atoms with Gasteiger partial charge in [-0.25, -0.2) is 0 Å². The second kappa shape index (κ2) is 6.38. The molecule has 0 aromatic heterocycles. The minimum absolute atomic E-state index is 0.433. The first-order valence-corrected chi connectivity index (χ1v) is 10.2. The van der Waals surface area contributed by atoms with Gasteiger partial charge in [0, 0.05) is 0 Å². The van der Waals surface area contributed by atoms with Crippen LogP contribution in [0.1, 0.15) is 44.5 Å². The normalized spacial score (nSPS) is 11.1. The third-order valence-corrected chi connectivity index (χ3v) is 9.90. The molecule has 0 radical (unpaired) electrons. The van der Waals surface area contributed by atoms with Crippen LogP contribution >= 0.6 is 0 Å². The maximum absolute atomic E-state index is 10.3. The summed E-state index contributed by atoms with van der Waals surface area (Å²) in [6.45, 7) is 16.5. The first kappa shape index (κ1) is 18.2. The summed E-state index contributed by atoms with van der Waals surface area (Å²) >= 11 is -0.592. The molecule has 124 valence electrons. The van der Waals surface area contributed by atoms with E-state index in [1.165, 1.54) is 29.5 Å². The van der Waals surface area contributed by atoms with Gasteiger partial charge >= 0.3 is 150 Å². The Labute approximate surface area is 149 Å². The number of rotatable bonds is 2. The molecule has 23 heavy (non-hydrogen) atoms. The maximum atomic E-state index is 10.3. The van der Waals surface area contributed by atoms with Crippen LogP contribution in [-0.2, 0) is 0 Å². The van der Waals surface area contributed by atoms with E-state index in [2.05, 4.69) is 27.7 Å². The van der Waals surface area contributed by atoms with E-state index >= 15 is 0 Å². The molecule has 0 amide bonds. The summed E-state index contributed by atoms with van der Waals surface area (Å²) < 4.78 is 2.83. The summed E-state index contributed by atoms with van der Waals surface area (Å²) in [4.78, 5) is 0. The fourth-order valence-electron chi connectivity index (χ4n) is 2.92. The summed E-state index contributed by atoms with van der Waals surface area (Å²) in [6, 6.07) is 0. The van der Waals surface area contributed by atoms with Gasteiger partial charge in [0.2, 0.25) is 0 Å². The van der Waals surface area contributed by atoms with E-state index in [-0.39, 0.29) is 0 Å². The van der Waals surface area contributed by atoms with Crippen molar-refractivity contribution in [2.45, 2.75) is 55.4 Å². The topological polar surface area (TPSA) is 40.5 Å². The number of aromatic hydroxyl groups is 2.